The number of fused-ring (bicyclic) bond motifs is 1. The second-order valence-corrected chi connectivity index (χ2v) is 5.95. The molecule has 0 aliphatic rings. The van der Waals surface area contributed by atoms with E-state index in [0.717, 1.165) is 5.56 Å². The van der Waals surface area contributed by atoms with E-state index in [1.807, 2.05) is 30.3 Å². The van der Waals surface area contributed by atoms with Crippen molar-refractivity contribution in [1.82, 2.24) is 30.0 Å². The molecular formula is C17H14F3N7O. The lowest BCUT2D eigenvalue weighted by Gasteiger charge is -2.06. The largest absolute Gasteiger partial charge is 0.453 e. The fourth-order valence-electron chi connectivity index (χ4n) is 2.60. The zero-order chi connectivity index (χ0) is 19.6. The van der Waals surface area contributed by atoms with Gasteiger partial charge in [-0.25, -0.2) is 0 Å². The van der Waals surface area contributed by atoms with Crippen molar-refractivity contribution >= 4 is 11.5 Å². The van der Waals surface area contributed by atoms with Crippen molar-refractivity contribution in [3.63, 3.8) is 0 Å². The van der Waals surface area contributed by atoms with Crippen molar-refractivity contribution in [3.8, 4) is 0 Å². The minimum absolute atomic E-state index is 0.0142. The SMILES string of the molecule is FC(F)(F)c1nnc2ccc(NCCc3nc(Cc4ccccc4)no3)nn12. The molecule has 0 saturated heterocycles. The number of hydrogen-bond acceptors (Lipinski definition) is 7. The molecule has 0 aliphatic carbocycles. The standard InChI is InChI=1S/C17H14F3N7O/c18-17(19,20)16-24-23-14-7-6-12(25-27(14)16)21-9-8-15-22-13(26-28-15)10-11-4-2-1-3-5-11/h1-7H,8-10H2,(H,21,25). The Hall–Kier alpha value is -3.50. The highest BCUT2D eigenvalue weighted by molar-refractivity contribution is 5.44. The van der Waals surface area contributed by atoms with Crippen molar-refractivity contribution in [2.45, 2.75) is 19.0 Å². The van der Waals surface area contributed by atoms with Gasteiger partial charge in [-0.1, -0.05) is 35.5 Å². The van der Waals surface area contributed by atoms with Crippen LogP contribution >= 0.6 is 0 Å². The van der Waals surface area contributed by atoms with Crippen LogP contribution in [0.4, 0.5) is 19.0 Å². The molecule has 4 rings (SSSR count). The van der Waals surface area contributed by atoms with Gasteiger partial charge in [0.25, 0.3) is 5.82 Å². The molecule has 8 nitrogen and oxygen atoms in total. The predicted molar refractivity (Wildman–Crippen MR) is 91.5 cm³/mol. The average Bonchev–Trinajstić information content (AvgIpc) is 3.29. The Morgan fingerprint density at radius 2 is 1.86 bits per heavy atom. The summed E-state index contributed by atoms with van der Waals surface area (Å²) < 4.78 is 44.6. The van der Waals surface area contributed by atoms with Crippen LogP contribution in [0.25, 0.3) is 5.65 Å². The quantitative estimate of drug-likeness (QED) is 0.542. The molecule has 1 aromatic carbocycles. The van der Waals surface area contributed by atoms with Gasteiger partial charge in [0, 0.05) is 19.4 Å². The smallest absolute Gasteiger partial charge is 0.368 e. The maximum atomic E-state index is 12.9. The highest BCUT2D eigenvalue weighted by atomic mass is 19.4. The first-order valence-corrected chi connectivity index (χ1v) is 8.38. The number of benzene rings is 1. The van der Waals surface area contributed by atoms with Gasteiger partial charge in [-0.3, -0.25) is 0 Å². The van der Waals surface area contributed by atoms with Gasteiger partial charge in [0.15, 0.2) is 11.5 Å². The topological polar surface area (TPSA) is 94.0 Å². The van der Waals surface area contributed by atoms with Crippen molar-refractivity contribution in [2.24, 2.45) is 0 Å². The van der Waals surface area contributed by atoms with Crippen LogP contribution in [0.2, 0.25) is 0 Å². The zero-order valence-corrected chi connectivity index (χ0v) is 14.4. The van der Waals surface area contributed by atoms with Crippen LogP contribution in [0.5, 0.6) is 0 Å². The monoisotopic (exact) mass is 389 g/mol. The number of nitrogens with one attached hydrogen (secondary N) is 1. The second-order valence-electron chi connectivity index (χ2n) is 5.95. The van der Waals surface area contributed by atoms with Gasteiger partial charge in [-0.15, -0.1) is 15.3 Å². The number of anilines is 1. The molecule has 144 valence electrons. The number of alkyl halides is 3. The molecule has 3 heterocycles. The average molecular weight is 389 g/mol. The molecule has 1 N–H and O–H groups in total. The number of hydrogen-bond donors (Lipinski definition) is 1. The fourth-order valence-corrected chi connectivity index (χ4v) is 2.60. The predicted octanol–water partition coefficient (Wildman–Crippen LogP) is 2.77. The van der Waals surface area contributed by atoms with E-state index in [4.69, 9.17) is 4.52 Å². The molecule has 0 amide bonds. The molecule has 11 heteroatoms. The molecule has 0 bridgehead atoms. The molecule has 0 spiro atoms. The number of aromatic nitrogens is 6. The Morgan fingerprint density at radius 3 is 2.64 bits per heavy atom. The second kappa shape index (κ2) is 7.25. The summed E-state index contributed by atoms with van der Waals surface area (Å²) >= 11 is 0. The van der Waals surface area contributed by atoms with E-state index in [1.165, 1.54) is 12.1 Å². The van der Waals surface area contributed by atoms with Gasteiger partial charge in [0.1, 0.15) is 5.82 Å². The Labute approximate surface area is 156 Å². The van der Waals surface area contributed by atoms with Gasteiger partial charge in [-0.05, 0) is 17.7 Å². The third kappa shape index (κ3) is 3.92. The number of nitrogens with zero attached hydrogens (tertiary/aromatic N) is 6. The molecule has 0 fully saturated rings. The van der Waals surface area contributed by atoms with Crippen LogP contribution in [0.15, 0.2) is 47.0 Å². The fraction of sp³-hybridized carbons (Fsp3) is 0.235. The van der Waals surface area contributed by atoms with Gasteiger partial charge in [-0.2, -0.15) is 22.7 Å². The first kappa shape index (κ1) is 17.9. The Kier molecular flexibility index (Phi) is 4.63. The van der Waals surface area contributed by atoms with Gasteiger partial charge >= 0.3 is 6.18 Å². The Bertz CT molecular complexity index is 1080. The lowest BCUT2D eigenvalue weighted by Crippen LogP contribution is -2.14. The molecule has 0 aliphatic heterocycles. The minimum atomic E-state index is -4.63. The summed E-state index contributed by atoms with van der Waals surface area (Å²) in [6.45, 7) is 0.356. The molecule has 28 heavy (non-hydrogen) atoms. The summed E-state index contributed by atoms with van der Waals surface area (Å²) in [5.74, 6) is 0.0790. The first-order chi connectivity index (χ1) is 13.5. The van der Waals surface area contributed by atoms with Crippen molar-refractivity contribution in [1.29, 1.82) is 0 Å². The van der Waals surface area contributed by atoms with E-state index < -0.39 is 12.0 Å². The summed E-state index contributed by atoms with van der Waals surface area (Å²) in [5, 5.41) is 17.4. The van der Waals surface area contributed by atoms with Gasteiger partial charge < -0.3 is 9.84 Å². The van der Waals surface area contributed by atoms with Crippen LogP contribution in [0.3, 0.4) is 0 Å². The Balaban J connectivity index is 1.38. The third-order valence-corrected chi connectivity index (χ3v) is 3.88. The first-order valence-electron chi connectivity index (χ1n) is 8.38. The van der Waals surface area contributed by atoms with E-state index in [1.54, 1.807) is 0 Å². The summed E-state index contributed by atoms with van der Waals surface area (Å²) in [7, 11) is 0. The Morgan fingerprint density at radius 1 is 1.04 bits per heavy atom. The number of halogens is 3. The highest BCUT2D eigenvalue weighted by Crippen LogP contribution is 2.27. The third-order valence-electron chi connectivity index (χ3n) is 3.88. The lowest BCUT2D eigenvalue weighted by atomic mass is 10.1. The summed E-state index contributed by atoms with van der Waals surface area (Å²) in [6.07, 6.45) is -3.68. The van der Waals surface area contributed by atoms with E-state index in [2.05, 4.69) is 30.8 Å². The van der Waals surface area contributed by atoms with E-state index >= 15 is 0 Å². The molecular weight excluding hydrogens is 375 g/mol. The van der Waals surface area contributed by atoms with E-state index in [0.29, 0.717) is 35.6 Å². The van der Waals surface area contributed by atoms with Crippen LogP contribution in [-0.2, 0) is 19.0 Å². The lowest BCUT2D eigenvalue weighted by molar-refractivity contribution is -0.146. The molecule has 0 atom stereocenters. The minimum Gasteiger partial charge on any atom is -0.368 e. The summed E-state index contributed by atoms with van der Waals surface area (Å²) in [5.41, 5.74) is 1.08. The maximum absolute atomic E-state index is 12.9. The van der Waals surface area contributed by atoms with Crippen LogP contribution in [0, 0.1) is 0 Å². The highest BCUT2D eigenvalue weighted by Gasteiger charge is 2.37. The van der Waals surface area contributed by atoms with Gasteiger partial charge in [0.05, 0.1) is 0 Å². The molecule has 0 saturated carbocycles. The molecule has 4 aromatic rings. The van der Waals surface area contributed by atoms with Crippen molar-refractivity contribution < 1.29 is 17.7 Å². The van der Waals surface area contributed by atoms with E-state index in [9.17, 15) is 13.2 Å². The summed E-state index contributed by atoms with van der Waals surface area (Å²) in [6, 6.07) is 12.7. The van der Waals surface area contributed by atoms with Crippen LogP contribution < -0.4 is 5.32 Å². The van der Waals surface area contributed by atoms with Gasteiger partial charge in [0.2, 0.25) is 5.89 Å². The van der Waals surface area contributed by atoms with Crippen LogP contribution in [-0.4, -0.2) is 36.5 Å². The van der Waals surface area contributed by atoms with Crippen molar-refractivity contribution in [3.05, 3.63) is 65.6 Å². The maximum Gasteiger partial charge on any atom is 0.453 e. The molecule has 0 radical (unpaired) electrons. The summed E-state index contributed by atoms with van der Waals surface area (Å²) in [4.78, 5) is 4.31. The molecule has 0 unspecified atom stereocenters. The van der Waals surface area contributed by atoms with E-state index in [-0.39, 0.29) is 11.5 Å². The van der Waals surface area contributed by atoms with Crippen LogP contribution in [0.1, 0.15) is 23.1 Å². The molecule has 3 aromatic heterocycles. The zero-order valence-electron chi connectivity index (χ0n) is 14.4. The number of rotatable bonds is 6. The van der Waals surface area contributed by atoms with Crippen molar-refractivity contribution in [2.75, 3.05) is 11.9 Å². The normalized spacial score (nSPS) is 11.8.